The van der Waals surface area contributed by atoms with Crippen molar-refractivity contribution in [2.45, 2.75) is 0 Å². The Morgan fingerprint density at radius 3 is 2.00 bits per heavy atom. The Morgan fingerprint density at radius 2 is 1.15 bits per heavy atom. The van der Waals surface area contributed by atoms with Gasteiger partial charge >= 0.3 is 0 Å². The SMILES string of the molecule is [B]c1ccccc1N1c2ccc3ccccc3c2-c2c(c3sc4ccccc4c3c3ccccc23)N1c1nc(-c2ccccc2)c2ccccc2n1. The van der Waals surface area contributed by atoms with Crippen molar-refractivity contribution in [2.75, 3.05) is 10.0 Å². The lowest BCUT2D eigenvalue weighted by Gasteiger charge is -2.44. The van der Waals surface area contributed by atoms with Crippen LogP contribution in [0.25, 0.3) is 75.0 Å². The molecule has 0 bridgehead atoms. The van der Waals surface area contributed by atoms with Crippen LogP contribution in [-0.4, -0.2) is 17.8 Å². The van der Waals surface area contributed by atoms with E-state index in [1.165, 1.54) is 41.7 Å². The maximum absolute atomic E-state index is 6.95. The van der Waals surface area contributed by atoms with Gasteiger partial charge in [0.2, 0.25) is 0 Å². The highest BCUT2D eigenvalue weighted by molar-refractivity contribution is 7.26. The van der Waals surface area contributed by atoms with Crippen molar-refractivity contribution in [1.29, 1.82) is 0 Å². The third-order valence-corrected chi connectivity index (χ3v) is 11.5. The van der Waals surface area contributed by atoms with E-state index in [2.05, 4.69) is 143 Å². The number of thiophene rings is 1. The molecule has 10 aromatic rings. The number of hydrogen-bond donors (Lipinski definition) is 0. The zero-order valence-electron chi connectivity index (χ0n) is 27.9. The zero-order chi connectivity index (χ0) is 34.3. The molecule has 2 radical (unpaired) electrons. The topological polar surface area (TPSA) is 32.3 Å². The molecule has 4 nitrogen and oxygen atoms in total. The Kier molecular flexibility index (Phi) is 6.33. The molecule has 2 aromatic heterocycles. The minimum atomic E-state index is 0.565. The predicted octanol–water partition coefficient (Wildman–Crippen LogP) is 11.6. The molecule has 0 spiro atoms. The van der Waals surface area contributed by atoms with Crippen LogP contribution in [0.3, 0.4) is 0 Å². The van der Waals surface area contributed by atoms with Gasteiger partial charge in [0.15, 0.2) is 0 Å². The standard InChI is InChI=1S/C46H27BN4S/c47-35-22-10-12-24-37(35)50-38-27-26-28-14-4-5-17-30(28)41(38)42-32-19-7-6-18-31(32)40-34-21-9-13-25-39(34)52-45(40)44(42)51(50)46-48-36-23-11-8-20-33(36)43(49-46)29-15-2-1-3-16-29/h1-27H. The van der Waals surface area contributed by atoms with Crippen molar-refractivity contribution >= 4 is 100 Å². The number of rotatable bonds is 3. The normalized spacial score (nSPS) is 12.6. The molecule has 0 saturated carbocycles. The number of benzene rings is 8. The largest absolute Gasteiger partial charge is 0.251 e. The van der Waals surface area contributed by atoms with Gasteiger partial charge in [0.05, 0.1) is 33.0 Å². The fourth-order valence-corrected chi connectivity index (χ4v) is 9.34. The first-order chi connectivity index (χ1) is 25.7. The number of para-hydroxylation sites is 2. The van der Waals surface area contributed by atoms with Gasteiger partial charge in [-0.3, -0.25) is 0 Å². The van der Waals surface area contributed by atoms with E-state index in [9.17, 15) is 0 Å². The van der Waals surface area contributed by atoms with Gasteiger partial charge in [-0.15, -0.1) is 11.3 Å². The lowest BCUT2D eigenvalue weighted by atomic mass is 9.86. The first-order valence-electron chi connectivity index (χ1n) is 17.4. The van der Waals surface area contributed by atoms with Crippen LogP contribution in [0.15, 0.2) is 164 Å². The van der Waals surface area contributed by atoms with Crippen LogP contribution in [0.5, 0.6) is 0 Å². The third kappa shape index (κ3) is 4.16. The van der Waals surface area contributed by atoms with Crippen molar-refractivity contribution in [3.05, 3.63) is 164 Å². The molecular weight excluding hydrogens is 651 g/mol. The van der Waals surface area contributed by atoms with E-state index in [1.54, 1.807) is 0 Å². The fourth-order valence-electron chi connectivity index (χ4n) is 8.08. The summed E-state index contributed by atoms with van der Waals surface area (Å²) in [6.45, 7) is 0. The third-order valence-electron chi connectivity index (χ3n) is 10.3. The van der Waals surface area contributed by atoms with Crippen LogP contribution in [0.4, 0.5) is 23.0 Å². The maximum Gasteiger partial charge on any atom is 0.251 e. The van der Waals surface area contributed by atoms with E-state index in [-0.39, 0.29) is 0 Å². The zero-order valence-corrected chi connectivity index (χ0v) is 28.7. The summed E-state index contributed by atoms with van der Waals surface area (Å²) in [6.07, 6.45) is 0. The molecule has 0 atom stereocenters. The van der Waals surface area contributed by atoms with Gasteiger partial charge in [-0.25, -0.2) is 20.0 Å². The lowest BCUT2D eigenvalue weighted by Crippen LogP contribution is -2.42. The molecule has 8 aromatic carbocycles. The molecular formula is C46H27BN4S. The van der Waals surface area contributed by atoms with Gasteiger partial charge in [0.25, 0.3) is 5.95 Å². The highest BCUT2D eigenvalue weighted by Gasteiger charge is 2.38. The predicted molar refractivity (Wildman–Crippen MR) is 221 cm³/mol. The average molecular weight is 679 g/mol. The number of aromatic nitrogens is 2. The van der Waals surface area contributed by atoms with E-state index in [1.807, 2.05) is 41.7 Å². The Hall–Kier alpha value is -6.50. The molecule has 1 aliphatic rings. The second kappa shape index (κ2) is 11.3. The smallest absolute Gasteiger partial charge is 0.246 e. The summed E-state index contributed by atoms with van der Waals surface area (Å²) in [6, 6.07) is 57.5. The van der Waals surface area contributed by atoms with E-state index >= 15 is 0 Å². The second-order valence-electron chi connectivity index (χ2n) is 13.2. The average Bonchev–Trinajstić information content (AvgIpc) is 3.60. The van der Waals surface area contributed by atoms with Crippen LogP contribution in [0.2, 0.25) is 0 Å². The van der Waals surface area contributed by atoms with Crippen molar-refractivity contribution in [2.24, 2.45) is 0 Å². The number of fused-ring (bicyclic) bond motifs is 13. The molecule has 0 aliphatic carbocycles. The highest BCUT2D eigenvalue weighted by atomic mass is 32.1. The maximum atomic E-state index is 6.95. The summed E-state index contributed by atoms with van der Waals surface area (Å²) in [5, 5.41) is 12.7. The molecule has 3 heterocycles. The van der Waals surface area contributed by atoms with Gasteiger partial charge in [-0.2, -0.15) is 0 Å². The number of hydrogen-bond acceptors (Lipinski definition) is 5. The molecule has 0 amide bonds. The number of hydrazine groups is 1. The molecule has 240 valence electrons. The van der Waals surface area contributed by atoms with Crippen LogP contribution >= 0.6 is 11.3 Å². The Labute approximate surface area is 305 Å². The van der Waals surface area contributed by atoms with Crippen molar-refractivity contribution in [1.82, 2.24) is 9.97 Å². The summed E-state index contributed by atoms with van der Waals surface area (Å²) in [7, 11) is 6.95. The van der Waals surface area contributed by atoms with Gasteiger partial charge in [-0.05, 0) is 45.8 Å². The minimum Gasteiger partial charge on any atom is -0.246 e. The van der Waals surface area contributed by atoms with E-state index < -0.39 is 0 Å². The molecule has 11 rings (SSSR count). The van der Waals surface area contributed by atoms with Gasteiger partial charge in [0, 0.05) is 37.5 Å². The fraction of sp³-hybridized carbons (Fsp3) is 0. The summed E-state index contributed by atoms with van der Waals surface area (Å²) in [5.74, 6) is 0.565. The first kappa shape index (κ1) is 29.3. The summed E-state index contributed by atoms with van der Waals surface area (Å²) in [4.78, 5) is 10.9. The van der Waals surface area contributed by atoms with Crippen LogP contribution < -0.4 is 15.5 Å². The molecule has 52 heavy (non-hydrogen) atoms. The molecule has 0 N–H and O–H groups in total. The second-order valence-corrected chi connectivity index (χ2v) is 14.2. The van der Waals surface area contributed by atoms with Gasteiger partial charge in [-0.1, -0.05) is 145 Å². The Morgan fingerprint density at radius 1 is 0.481 bits per heavy atom. The summed E-state index contributed by atoms with van der Waals surface area (Å²) < 4.78 is 2.40. The van der Waals surface area contributed by atoms with E-state index in [0.717, 1.165) is 50.3 Å². The first-order valence-corrected chi connectivity index (χ1v) is 18.2. The van der Waals surface area contributed by atoms with E-state index in [0.29, 0.717) is 11.4 Å². The number of anilines is 4. The van der Waals surface area contributed by atoms with Crippen LogP contribution in [0, 0.1) is 0 Å². The highest BCUT2D eigenvalue weighted by Crippen LogP contribution is 2.58. The lowest BCUT2D eigenvalue weighted by molar-refractivity contribution is 0.936. The summed E-state index contributed by atoms with van der Waals surface area (Å²) >= 11 is 1.82. The minimum absolute atomic E-state index is 0.565. The van der Waals surface area contributed by atoms with Crippen molar-refractivity contribution in [3.8, 4) is 22.4 Å². The molecule has 0 unspecified atom stereocenters. The summed E-state index contributed by atoms with van der Waals surface area (Å²) in [5.41, 5.74) is 8.65. The Balaban J connectivity index is 1.38. The van der Waals surface area contributed by atoms with Crippen molar-refractivity contribution < 1.29 is 0 Å². The molecule has 0 saturated heterocycles. The molecule has 0 fully saturated rings. The quantitative estimate of drug-likeness (QED) is 0.174. The van der Waals surface area contributed by atoms with Gasteiger partial charge < -0.3 is 0 Å². The molecule has 6 heteroatoms. The Bertz CT molecular complexity index is 3060. The molecule has 1 aliphatic heterocycles. The monoisotopic (exact) mass is 678 g/mol. The van der Waals surface area contributed by atoms with Crippen LogP contribution in [-0.2, 0) is 0 Å². The number of nitrogens with zero attached hydrogens (tertiary/aromatic N) is 4. The van der Waals surface area contributed by atoms with Crippen LogP contribution in [0.1, 0.15) is 0 Å². The van der Waals surface area contributed by atoms with E-state index in [4.69, 9.17) is 17.8 Å². The van der Waals surface area contributed by atoms with Gasteiger partial charge in [0.1, 0.15) is 7.85 Å². The van der Waals surface area contributed by atoms with Crippen molar-refractivity contribution in [3.63, 3.8) is 0 Å².